The molecule has 0 amide bonds. The molecule has 0 unspecified atom stereocenters. The van der Waals surface area contributed by atoms with Crippen molar-refractivity contribution < 1.29 is 32.6 Å². The van der Waals surface area contributed by atoms with Gasteiger partial charge < -0.3 is 14.2 Å². The fourth-order valence-corrected chi connectivity index (χ4v) is 4.88. The zero-order chi connectivity index (χ0) is 26.5. The van der Waals surface area contributed by atoms with Crippen LogP contribution in [0.1, 0.15) is 64.6 Å². The predicted molar refractivity (Wildman–Crippen MR) is 130 cm³/mol. The Morgan fingerprint density at radius 3 is 2.29 bits per heavy atom. The first-order valence-corrected chi connectivity index (χ1v) is 12.0. The molecule has 2 aromatic rings. The van der Waals surface area contributed by atoms with Crippen LogP contribution < -0.4 is 4.74 Å². The van der Waals surface area contributed by atoms with Gasteiger partial charge in [0.1, 0.15) is 22.0 Å². The van der Waals surface area contributed by atoms with Crippen molar-refractivity contribution in [2.24, 2.45) is 5.41 Å². The van der Waals surface area contributed by atoms with Crippen molar-refractivity contribution in [1.29, 1.82) is 0 Å². The van der Waals surface area contributed by atoms with Crippen LogP contribution in [-0.4, -0.2) is 34.6 Å². The Labute approximate surface area is 208 Å². The van der Waals surface area contributed by atoms with E-state index in [4.69, 9.17) is 14.5 Å². The lowest BCUT2D eigenvalue weighted by molar-refractivity contribution is -0.169. The second-order valence-electron chi connectivity index (χ2n) is 10.6. The lowest BCUT2D eigenvalue weighted by atomic mass is 9.84. The van der Waals surface area contributed by atoms with Crippen LogP contribution in [0.2, 0.25) is 0 Å². The minimum Gasteiger partial charge on any atom is -0.435 e. The standard InChI is InChI=1S/C26H31F2NO5S/c1-13-12-15(32-23(27)28)10-11-16(13)21-29-18(14(2)35-21)17-19(30)25(6,7)34-26(8,9)20(17)33-22(31)24(3,4)5/h10-12,23H,1-9H3. The number of aromatic nitrogens is 1. The Morgan fingerprint density at radius 1 is 1.11 bits per heavy atom. The average molecular weight is 508 g/mol. The Hall–Kier alpha value is -2.65. The second-order valence-corrected chi connectivity index (χ2v) is 11.8. The van der Waals surface area contributed by atoms with E-state index in [9.17, 15) is 18.4 Å². The maximum absolute atomic E-state index is 13.6. The summed E-state index contributed by atoms with van der Waals surface area (Å²) in [6, 6.07) is 4.62. The molecule has 0 fully saturated rings. The number of ketones is 1. The summed E-state index contributed by atoms with van der Waals surface area (Å²) in [5, 5.41) is 0.600. The molecule has 0 aliphatic carbocycles. The highest BCUT2D eigenvalue weighted by atomic mass is 32.1. The molecular weight excluding hydrogens is 476 g/mol. The van der Waals surface area contributed by atoms with E-state index >= 15 is 0 Å². The van der Waals surface area contributed by atoms with E-state index in [1.807, 2.05) is 6.92 Å². The fourth-order valence-electron chi connectivity index (χ4n) is 3.87. The molecule has 2 heterocycles. The Balaban J connectivity index is 2.18. The van der Waals surface area contributed by atoms with Crippen LogP contribution in [0.5, 0.6) is 5.75 Å². The molecule has 1 aliphatic heterocycles. The minimum atomic E-state index is -2.92. The molecule has 9 heteroatoms. The Kier molecular flexibility index (Phi) is 7.00. The minimum absolute atomic E-state index is 0.0527. The highest BCUT2D eigenvalue weighted by Crippen LogP contribution is 2.44. The molecule has 1 aromatic heterocycles. The van der Waals surface area contributed by atoms with Crippen LogP contribution in [0, 0.1) is 19.3 Å². The van der Waals surface area contributed by atoms with E-state index in [0.717, 1.165) is 10.4 Å². The van der Waals surface area contributed by atoms with E-state index in [1.165, 1.54) is 23.5 Å². The molecule has 0 N–H and O–H groups in total. The molecule has 3 rings (SSSR count). The van der Waals surface area contributed by atoms with Gasteiger partial charge in [-0.2, -0.15) is 8.78 Å². The summed E-state index contributed by atoms with van der Waals surface area (Å²) in [6.45, 7) is 12.7. The van der Waals surface area contributed by atoms with E-state index in [0.29, 0.717) is 16.3 Å². The molecule has 190 valence electrons. The van der Waals surface area contributed by atoms with Crippen molar-refractivity contribution in [3.63, 3.8) is 0 Å². The number of carbonyl (C=O) groups excluding carboxylic acids is 2. The topological polar surface area (TPSA) is 74.7 Å². The van der Waals surface area contributed by atoms with Gasteiger partial charge in [0, 0.05) is 10.4 Å². The monoisotopic (exact) mass is 507 g/mol. The number of halogens is 2. The van der Waals surface area contributed by atoms with Gasteiger partial charge in [0.15, 0.2) is 11.5 Å². The van der Waals surface area contributed by atoms with Crippen LogP contribution in [0.4, 0.5) is 8.78 Å². The largest absolute Gasteiger partial charge is 0.435 e. The van der Waals surface area contributed by atoms with Crippen LogP contribution in [0.15, 0.2) is 24.0 Å². The number of carbonyl (C=O) groups is 2. The Bertz CT molecular complexity index is 1200. The van der Waals surface area contributed by atoms with Crippen LogP contribution in [-0.2, 0) is 19.1 Å². The number of aryl methyl sites for hydroxylation is 2. The summed E-state index contributed by atoms with van der Waals surface area (Å²) in [7, 11) is 0. The zero-order valence-electron chi connectivity index (χ0n) is 21.5. The fraction of sp³-hybridized carbons (Fsp3) is 0.500. The van der Waals surface area contributed by atoms with E-state index in [-0.39, 0.29) is 22.9 Å². The third-order valence-corrected chi connectivity index (χ3v) is 6.56. The molecule has 0 bridgehead atoms. The van der Waals surface area contributed by atoms with Gasteiger partial charge >= 0.3 is 12.6 Å². The van der Waals surface area contributed by atoms with Crippen molar-refractivity contribution >= 4 is 28.7 Å². The smallest absolute Gasteiger partial charge is 0.387 e. The summed E-state index contributed by atoms with van der Waals surface area (Å²) in [4.78, 5) is 31.9. The number of alkyl halides is 2. The molecule has 1 aliphatic rings. The number of Topliss-reactive ketones (excluding diaryl/α,β-unsaturated/α-hetero) is 1. The predicted octanol–water partition coefficient (Wildman–Crippen LogP) is 6.49. The average Bonchev–Trinajstić information content (AvgIpc) is 3.05. The maximum Gasteiger partial charge on any atom is 0.387 e. The van der Waals surface area contributed by atoms with Gasteiger partial charge in [0.25, 0.3) is 0 Å². The first-order chi connectivity index (χ1) is 15.9. The summed E-state index contributed by atoms with van der Waals surface area (Å²) in [5.41, 5.74) is -1.02. The van der Waals surface area contributed by atoms with Gasteiger partial charge in [-0.15, -0.1) is 11.3 Å². The van der Waals surface area contributed by atoms with Gasteiger partial charge in [0.05, 0.1) is 16.7 Å². The summed E-state index contributed by atoms with van der Waals surface area (Å²) >= 11 is 1.36. The number of hydrogen-bond acceptors (Lipinski definition) is 7. The van der Waals surface area contributed by atoms with E-state index < -0.39 is 29.2 Å². The van der Waals surface area contributed by atoms with Crippen molar-refractivity contribution in [2.45, 2.75) is 80.1 Å². The highest BCUT2D eigenvalue weighted by Gasteiger charge is 2.50. The van der Waals surface area contributed by atoms with Crippen molar-refractivity contribution in [3.05, 3.63) is 40.1 Å². The van der Waals surface area contributed by atoms with Crippen molar-refractivity contribution in [1.82, 2.24) is 4.98 Å². The summed E-state index contributed by atoms with van der Waals surface area (Å²) in [5.74, 6) is -0.658. The van der Waals surface area contributed by atoms with E-state index in [1.54, 1.807) is 61.5 Å². The summed E-state index contributed by atoms with van der Waals surface area (Å²) < 4.78 is 41.5. The third kappa shape index (κ3) is 5.46. The van der Waals surface area contributed by atoms with Crippen molar-refractivity contribution in [2.75, 3.05) is 0 Å². The molecule has 0 saturated heterocycles. The number of thiazole rings is 1. The SMILES string of the molecule is Cc1cc(OC(F)F)ccc1-c1nc(C2=C(OC(=O)C(C)(C)C)C(C)(C)OC(C)(C)C2=O)c(C)s1. The van der Waals surface area contributed by atoms with Crippen LogP contribution >= 0.6 is 11.3 Å². The highest BCUT2D eigenvalue weighted by molar-refractivity contribution is 7.15. The molecule has 35 heavy (non-hydrogen) atoms. The van der Waals surface area contributed by atoms with Gasteiger partial charge in [-0.3, -0.25) is 9.59 Å². The van der Waals surface area contributed by atoms with E-state index in [2.05, 4.69) is 4.74 Å². The number of nitrogens with zero attached hydrogens (tertiary/aromatic N) is 1. The van der Waals surface area contributed by atoms with Gasteiger partial charge in [-0.05, 0) is 86.1 Å². The van der Waals surface area contributed by atoms with Crippen LogP contribution in [0.3, 0.4) is 0 Å². The first kappa shape index (κ1) is 26.9. The van der Waals surface area contributed by atoms with Crippen molar-refractivity contribution in [3.8, 4) is 16.3 Å². The number of rotatable bonds is 5. The number of benzene rings is 1. The molecular formula is C26H31F2NO5S. The molecule has 6 nitrogen and oxygen atoms in total. The molecule has 0 radical (unpaired) electrons. The maximum atomic E-state index is 13.6. The number of ether oxygens (including phenoxy) is 3. The van der Waals surface area contributed by atoms with Crippen LogP contribution in [0.25, 0.3) is 16.1 Å². The molecule has 0 saturated carbocycles. The second kappa shape index (κ2) is 9.09. The summed E-state index contributed by atoms with van der Waals surface area (Å²) in [6.07, 6.45) is 0. The third-order valence-electron chi connectivity index (χ3n) is 5.55. The number of esters is 1. The lowest BCUT2D eigenvalue weighted by Gasteiger charge is -2.42. The molecule has 0 atom stereocenters. The molecule has 1 aromatic carbocycles. The van der Waals surface area contributed by atoms with Gasteiger partial charge in [0.2, 0.25) is 0 Å². The Morgan fingerprint density at radius 2 is 1.74 bits per heavy atom. The zero-order valence-corrected chi connectivity index (χ0v) is 22.3. The van der Waals surface area contributed by atoms with Gasteiger partial charge in [-0.25, -0.2) is 4.98 Å². The normalized spacial score (nSPS) is 17.7. The lowest BCUT2D eigenvalue weighted by Crippen LogP contribution is -2.50. The number of hydrogen-bond donors (Lipinski definition) is 0. The first-order valence-electron chi connectivity index (χ1n) is 11.2. The molecule has 0 spiro atoms. The quantitative estimate of drug-likeness (QED) is 0.431. The van der Waals surface area contributed by atoms with Gasteiger partial charge in [-0.1, -0.05) is 0 Å².